The molecule has 0 bridgehead atoms. The first kappa shape index (κ1) is 30.3. The summed E-state index contributed by atoms with van der Waals surface area (Å²) in [6.45, 7) is 16.0. The Bertz CT molecular complexity index is 1090. The number of carbonyl (C=O) groups is 3. The van der Waals surface area contributed by atoms with Crippen LogP contribution in [0.5, 0.6) is 0 Å². The Morgan fingerprint density at radius 2 is 1.87 bits per heavy atom. The van der Waals surface area contributed by atoms with E-state index in [1.165, 1.54) is 0 Å². The lowest BCUT2D eigenvalue weighted by atomic mass is 9.46. The molecule has 7 nitrogen and oxygen atoms in total. The van der Waals surface area contributed by atoms with Gasteiger partial charge in [-0.05, 0) is 80.6 Å². The van der Waals surface area contributed by atoms with Crippen LogP contribution >= 0.6 is 0 Å². The van der Waals surface area contributed by atoms with Crippen LogP contribution < -0.4 is 0 Å². The maximum absolute atomic E-state index is 14.3. The molecule has 3 saturated carbocycles. The van der Waals surface area contributed by atoms with Crippen molar-refractivity contribution in [2.45, 2.75) is 123 Å². The molecule has 8 heteroatoms. The monoisotopic (exact) mass is 560 g/mol. The Morgan fingerprint density at radius 3 is 2.49 bits per heavy atom. The van der Waals surface area contributed by atoms with Gasteiger partial charge in [0.25, 0.3) is 0 Å². The number of rotatable bonds is 7. The minimum Gasteiger partial charge on any atom is -0.450 e. The fourth-order valence-electron chi connectivity index (χ4n) is 8.09. The molecule has 4 aliphatic rings. The summed E-state index contributed by atoms with van der Waals surface area (Å²) < 4.78 is 12.3. The van der Waals surface area contributed by atoms with Crippen molar-refractivity contribution in [2.24, 2.45) is 28.6 Å². The maximum Gasteiger partial charge on any atom is 0.306 e. The van der Waals surface area contributed by atoms with Gasteiger partial charge in [-0.25, -0.2) is 0 Å². The molecule has 4 rings (SSSR count). The molecule has 218 valence electrons. The molecule has 0 amide bonds. The normalized spacial score (nSPS) is 38.8. The molecule has 0 aromatic carbocycles. The molecule has 39 heavy (non-hydrogen) atoms. The molecular weight excluding hydrogens is 512 g/mol. The highest BCUT2D eigenvalue weighted by molar-refractivity contribution is 6.74. The molecule has 0 heterocycles. The summed E-state index contributed by atoms with van der Waals surface area (Å²) in [7, 11) is -2.52. The first-order valence-electron chi connectivity index (χ1n) is 14.7. The zero-order valence-corrected chi connectivity index (χ0v) is 26.0. The van der Waals surface area contributed by atoms with Crippen LogP contribution in [0.4, 0.5) is 0 Å². The van der Waals surface area contributed by atoms with Crippen LogP contribution in [0, 0.1) is 28.6 Å². The molecule has 0 radical (unpaired) electrons. The van der Waals surface area contributed by atoms with Crippen molar-refractivity contribution in [2.75, 3.05) is 0 Å². The number of fused-ring (bicyclic) bond motifs is 5. The fourth-order valence-corrected chi connectivity index (χ4v) is 9.11. The topological polar surface area (TPSA) is 110 Å². The van der Waals surface area contributed by atoms with Gasteiger partial charge in [0.1, 0.15) is 0 Å². The van der Waals surface area contributed by atoms with Gasteiger partial charge in [0.15, 0.2) is 19.7 Å². The van der Waals surface area contributed by atoms with E-state index in [4.69, 9.17) is 9.16 Å². The molecular formula is C31H48O7Si. The van der Waals surface area contributed by atoms with Crippen LogP contribution in [0.15, 0.2) is 23.8 Å². The number of aliphatic hydroxyl groups excluding tert-OH is 2. The molecule has 0 spiro atoms. The highest BCUT2D eigenvalue weighted by atomic mass is 28.4. The van der Waals surface area contributed by atoms with Crippen molar-refractivity contribution < 1.29 is 33.8 Å². The Balaban J connectivity index is 1.73. The van der Waals surface area contributed by atoms with E-state index < -0.39 is 48.9 Å². The maximum atomic E-state index is 14.3. The number of aliphatic hydroxyl groups is 2. The lowest BCUT2D eigenvalue weighted by molar-refractivity contribution is -0.209. The first-order chi connectivity index (χ1) is 17.9. The van der Waals surface area contributed by atoms with Crippen LogP contribution in [0.2, 0.25) is 18.1 Å². The summed E-state index contributed by atoms with van der Waals surface area (Å²) >= 11 is 0. The average Bonchev–Trinajstić information content (AvgIpc) is 3.10. The molecule has 2 N–H and O–H groups in total. The second-order valence-electron chi connectivity index (χ2n) is 14.4. The third kappa shape index (κ3) is 4.73. The van der Waals surface area contributed by atoms with Crippen molar-refractivity contribution in [3.8, 4) is 0 Å². The van der Waals surface area contributed by atoms with Crippen molar-refractivity contribution in [1.29, 1.82) is 0 Å². The lowest BCUT2D eigenvalue weighted by Crippen LogP contribution is -2.64. The van der Waals surface area contributed by atoms with Gasteiger partial charge in [-0.3, -0.25) is 14.4 Å². The Kier molecular flexibility index (Phi) is 7.81. The van der Waals surface area contributed by atoms with Gasteiger partial charge in [-0.1, -0.05) is 53.2 Å². The molecule has 3 fully saturated rings. The van der Waals surface area contributed by atoms with Crippen LogP contribution in [0.25, 0.3) is 0 Å². The fraction of sp³-hybridized carbons (Fsp3) is 0.774. The second-order valence-corrected chi connectivity index (χ2v) is 19.2. The quantitative estimate of drug-likeness (QED) is 0.248. The van der Waals surface area contributed by atoms with Gasteiger partial charge in [-0.15, -0.1) is 0 Å². The summed E-state index contributed by atoms with van der Waals surface area (Å²) in [6, 6.07) is 0. The zero-order valence-electron chi connectivity index (χ0n) is 25.0. The van der Waals surface area contributed by atoms with E-state index in [9.17, 15) is 24.6 Å². The van der Waals surface area contributed by atoms with Gasteiger partial charge in [-0.2, -0.15) is 0 Å². The number of hydrogen-bond acceptors (Lipinski definition) is 7. The number of hydrogen-bond donors (Lipinski definition) is 2. The van der Waals surface area contributed by atoms with E-state index in [1.807, 2.05) is 53.8 Å². The third-order valence-corrected chi connectivity index (χ3v) is 15.6. The van der Waals surface area contributed by atoms with E-state index in [1.54, 1.807) is 12.2 Å². The van der Waals surface area contributed by atoms with Crippen LogP contribution in [-0.4, -0.2) is 54.1 Å². The largest absolute Gasteiger partial charge is 0.450 e. The zero-order chi connectivity index (χ0) is 29.2. The summed E-state index contributed by atoms with van der Waals surface area (Å²) in [5, 5.41) is 22.8. The summed E-state index contributed by atoms with van der Waals surface area (Å²) in [4.78, 5) is 39.5. The number of carbonyl (C=O) groups excluding carboxylic acids is 3. The third-order valence-electron chi connectivity index (χ3n) is 11.2. The minimum absolute atomic E-state index is 0.00810. The van der Waals surface area contributed by atoms with Gasteiger partial charge in [0.05, 0.1) is 6.10 Å². The van der Waals surface area contributed by atoms with Crippen molar-refractivity contribution in [3.05, 3.63) is 23.8 Å². The Morgan fingerprint density at radius 1 is 1.21 bits per heavy atom. The number of ketones is 2. The molecule has 0 aliphatic heterocycles. The SMILES string of the molecule is CCCC(=O)O[C@@]1(C(=O)C(O)O[Si](C)(C)C(C)(C)C)CC[C@H]2[C@@H]3CCC4=CC(=O)C=C[C@]4(C)[C@H]3[C@@H](O)C[C@@]21C. The molecule has 0 aromatic rings. The summed E-state index contributed by atoms with van der Waals surface area (Å²) in [5.41, 5.74) is -1.81. The predicted octanol–water partition coefficient (Wildman–Crippen LogP) is 5.26. The standard InChI is InChI=1S/C31H48O7Si/c1-9-10-24(34)37-31(26(35)27(36)38-39(7,8)28(2,3)4)16-14-22-21-12-11-19-17-20(32)13-15-29(19,5)25(21)23(33)18-30(22,31)6/h13,15,17,21-23,25,27,33,36H,9-12,14,16,18H2,1-8H3/t21-,22-,23-,25+,27?,29-,30-,31+/m0/s1. The number of ether oxygens (including phenoxy) is 1. The van der Waals surface area contributed by atoms with Gasteiger partial charge < -0.3 is 19.4 Å². The van der Waals surface area contributed by atoms with Gasteiger partial charge >= 0.3 is 5.97 Å². The number of allylic oxidation sites excluding steroid dienone is 4. The number of Topliss-reactive ketones (excluding diaryl/α,β-unsaturated/α-hetero) is 1. The van der Waals surface area contributed by atoms with E-state index in [-0.39, 0.29) is 41.4 Å². The molecule has 4 aliphatic carbocycles. The highest BCUT2D eigenvalue weighted by Gasteiger charge is 2.71. The van der Waals surface area contributed by atoms with Gasteiger partial charge in [0.2, 0.25) is 12.1 Å². The van der Waals surface area contributed by atoms with Crippen molar-refractivity contribution in [3.63, 3.8) is 0 Å². The molecule has 0 saturated heterocycles. The second kappa shape index (κ2) is 10.0. The van der Waals surface area contributed by atoms with Crippen LogP contribution in [0.1, 0.15) is 86.5 Å². The minimum atomic E-state index is -2.52. The molecule has 1 unspecified atom stereocenters. The van der Waals surface area contributed by atoms with E-state index in [0.29, 0.717) is 19.3 Å². The average molecular weight is 561 g/mol. The van der Waals surface area contributed by atoms with E-state index in [0.717, 1.165) is 18.4 Å². The van der Waals surface area contributed by atoms with E-state index in [2.05, 4.69) is 6.92 Å². The van der Waals surface area contributed by atoms with E-state index >= 15 is 0 Å². The summed E-state index contributed by atoms with van der Waals surface area (Å²) in [6.07, 6.45) is 6.32. The number of esters is 1. The van der Waals surface area contributed by atoms with Gasteiger partial charge in [0, 0.05) is 23.2 Å². The first-order valence-corrected chi connectivity index (χ1v) is 17.6. The van der Waals surface area contributed by atoms with Crippen molar-refractivity contribution in [1.82, 2.24) is 0 Å². The Hall–Kier alpha value is -1.61. The lowest BCUT2D eigenvalue weighted by Gasteiger charge is -2.60. The van der Waals surface area contributed by atoms with Crippen molar-refractivity contribution >= 4 is 25.9 Å². The predicted molar refractivity (Wildman–Crippen MR) is 151 cm³/mol. The van der Waals surface area contributed by atoms with Crippen LogP contribution in [0.3, 0.4) is 0 Å². The molecule has 0 aromatic heterocycles. The molecule has 8 atom stereocenters. The highest BCUT2D eigenvalue weighted by Crippen LogP contribution is 2.68. The van der Waals surface area contributed by atoms with Crippen LogP contribution in [-0.2, 0) is 23.5 Å². The Labute approximate surface area is 234 Å². The summed E-state index contributed by atoms with van der Waals surface area (Å²) in [5.74, 6) is -1.09. The smallest absolute Gasteiger partial charge is 0.306 e.